The molecule has 0 atom stereocenters. The van der Waals surface area contributed by atoms with E-state index in [9.17, 15) is 12.8 Å². The van der Waals surface area contributed by atoms with Gasteiger partial charge in [0.15, 0.2) is 0 Å². The third kappa shape index (κ3) is 3.24. The predicted molar refractivity (Wildman–Crippen MR) is 74.9 cm³/mol. The minimum absolute atomic E-state index is 0.0284. The van der Waals surface area contributed by atoms with Crippen LogP contribution in [0.1, 0.15) is 11.1 Å². The SMILES string of the molecule is C=C(OS(=O)(=O)c1ccc(C)cc1)c1cccc(F)c1. The Balaban J connectivity index is 2.24. The fourth-order valence-electron chi connectivity index (χ4n) is 1.60. The Morgan fingerprint density at radius 3 is 2.40 bits per heavy atom. The minimum Gasteiger partial charge on any atom is -0.379 e. The van der Waals surface area contributed by atoms with Crippen molar-refractivity contribution in [3.05, 3.63) is 72.1 Å². The largest absolute Gasteiger partial charge is 0.379 e. The summed E-state index contributed by atoms with van der Waals surface area (Å²) in [6.07, 6.45) is 0. The number of aryl methyl sites for hydroxylation is 1. The van der Waals surface area contributed by atoms with Crippen molar-refractivity contribution in [3.63, 3.8) is 0 Å². The number of hydrogen-bond donors (Lipinski definition) is 0. The fourth-order valence-corrected chi connectivity index (χ4v) is 2.52. The Morgan fingerprint density at radius 1 is 1.15 bits per heavy atom. The second-order valence-corrected chi connectivity index (χ2v) is 5.83. The Hall–Kier alpha value is -2.14. The average Bonchev–Trinajstić information content (AvgIpc) is 2.38. The van der Waals surface area contributed by atoms with Crippen LogP contribution in [0.15, 0.2) is 60.0 Å². The third-order valence-corrected chi connectivity index (χ3v) is 3.94. The molecule has 104 valence electrons. The van der Waals surface area contributed by atoms with Crippen LogP contribution >= 0.6 is 0 Å². The van der Waals surface area contributed by atoms with Gasteiger partial charge in [0, 0.05) is 5.56 Å². The van der Waals surface area contributed by atoms with E-state index in [1.54, 1.807) is 12.1 Å². The lowest BCUT2D eigenvalue weighted by Gasteiger charge is -2.09. The van der Waals surface area contributed by atoms with E-state index in [-0.39, 0.29) is 16.2 Å². The van der Waals surface area contributed by atoms with Crippen LogP contribution in [0.2, 0.25) is 0 Å². The number of halogens is 1. The molecule has 0 aliphatic carbocycles. The summed E-state index contributed by atoms with van der Waals surface area (Å²) in [7, 11) is -3.96. The summed E-state index contributed by atoms with van der Waals surface area (Å²) < 4.78 is 42.1. The van der Waals surface area contributed by atoms with E-state index in [2.05, 4.69) is 6.58 Å². The van der Waals surface area contributed by atoms with Gasteiger partial charge in [0.2, 0.25) is 0 Å². The molecular formula is C15H13FO3S. The molecule has 0 N–H and O–H groups in total. The van der Waals surface area contributed by atoms with Crippen molar-refractivity contribution in [2.45, 2.75) is 11.8 Å². The second kappa shape index (κ2) is 5.46. The second-order valence-electron chi connectivity index (χ2n) is 4.28. The van der Waals surface area contributed by atoms with Gasteiger partial charge in [0.25, 0.3) is 0 Å². The lowest BCUT2D eigenvalue weighted by atomic mass is 10.2. The van der Waals surface area contributed by atoms with E-state index >= 15 is 0 Å². The highest BCUT2D eigenvalue weighted by Gasteiger charge is 2.17. The molecule has 20 heavy (non-hydrogen) atoms. The summed E-state index contributed by atoms with van der Waals surface area (Å²) in [6.45, 7) is 5.38. The van der Waals surface area contributed by atoms with Crippen LogP contribution < -0.4 is 0 Å². The van der Waals surface area contributed by atoms with Crippen LogP contribution in [0.5, 0.6) is 0 Å². The zero-order valence-electron chi connectivity index (χ0n) is 10.8. The van der Waals surface area contributed by atoms with E-state index < -0.39 is 15.9 Å². The first-order chi connectivity index (χ1) is 9.38. The summed E-state index contributed by atoms with van der Waals surface area (Å²) in [5.41, 5.74) is 1.22. The van der Waals surface area contributed by atoms with E-state index in [0.717, 1.165) is 11.6 Å². The van der Waals surface area contributed by atoms with Gasteiger partial charge in [-0.05, 0) is 31.2 Å². The van der Waals surface area contributed by atoms with Gasteiger partial charge in [-0.2, -0.15) is 8.42 Å². The molecule has 0 aliphatic rings. The third-order valence-electron chi connectivity index (χ3n) is 2.67. The van der Waals surface area contributed by atoms with Crippen LogP contribution in [-0.4, -0.2) is 8.42 Å². The van der Waals surface area contributed by atoms with Gasteiger partial charge in [0.1, 0.15) is 16.5 Å². The van der Waals surface area contributed by atoms with Gasteiger partial charge in [-0.3, -0.25) is 0 Å². The molecule has 0 aromatic heterocycles. The predicted octanol–water partition coefficient (Wildman–Crippen LogP) is 3.51. The molecule has 0 fully saturated rings. The van der Waals surface area contributed by atoms with Gasteiger partial charge in [-0.15, -0.1) is 0 Å². The minimum atomic E-state index is -3.96. The molecule has 2 aromatic carbocycles. The van der Waals surface area contributed by atoms with Gasteiger partial charge in [-0.25, -0.2) is 4.39 Å². The highest BCUT2D eigenvalue weighted by molar-refractivity contribution is 7.87. The van der Waals surface area contributed by atoms with Gasteiger partial charge in [0.05, 0.1) is 0 Å². The first-order valence-corrected chi connectivity index (χ1v) is 7.25. The van der Waals surface area contributed by atoms with E-state index in [0.29, 0.717) is 0 Å². The molecule has 2 rings (SSSR count). The van der Waals surface area contributed by atoms with Crippen molar-refractivity contribution in [2.24, 2.45) is 0 Å². The normalized spacial score (nSPS) is 11.1. The van der Waals surface area contributed by atoms with Crippen LogP contribution in [0.3, 0.4) is 0 Å². The van der Waals surface area contributed by atoms with Crippen LogP contribution in [0, 0.1) is 12.7 Å². The summed E-state index contributed by atoms with van der Waals surface area (Å²) >= 11 is 0. The molecule has 0 spiro atoms. The monoisotopic (exact) mass is 292 g/mol. The Labute approximate surface area is 117 Å². The van der Waals surface area contributed by atoms with Crippen molar-refractivity contribution in [1.29, 1.82) is 0 Å². The number of hydrogen-bond acceptors (Lipinski definition) is 3. The van der Waals surface area contributed by atoms with Crippen molar-refractivity contribution >= 4 is 15.9 Å². The smallest absolute Gasteiger partial charge is 0.339 e. The van der Waals surface area contributed by atoms with Crippen molar-refractivity contribution in [1.82, 2.24) is 0 Å². The first kappa shape index (κ1) is 14.3. The molecular weight excluding hydrogens is 279 g/mol. The summed E-state index contributed by atoms with van der Waals surface area (Å²) in [6, 6.07) is 11.6. The standard InChI is InChI=1S/C15H13FO3S/c1-11-6-8-15(9-7-11)20(17,18)19-12(2)13-4-3-5-14(16)10-13/h3-10H,2H2,1H3. The zero-order valence-corrected chi connectivity index (χ0v) is 11.7. The van der Waals surface area contributed by atoms with Crippen molar-refractivity contribution in [3.8, 4) is 0 Å². The lowest BCUT2D eigenvalue weighted by Crippen LogP contribution is -2.05. The molecule has 0 unspecified atom stereocenters. The van der Waals surface area contributed by atoms with Crippen LogP contribution in [0.4, 0.5) is 4.39 Å². The topological polar surface area (TPSA) is 43.4 Å². The zero-order chi connectivity index (χ0) is 14.8. The first-order valence-electron chi connectivity index (χ1n) is 5.84. The fraction of sp³-hybridized carbons (Fsp3) is 0.0667. The summed E-state index contributed by atoms with van der Waals surface area (Å²) in [4.78, 5) is 0.0284. The number of rotatable bonds is 4. The molecule has 0 radical (unpaired) electrons. The highest BCUT2D eigenvalue weighted by Crippen LogP contribution is 2.22. The maximum atomic E-state index is 13.1. The van der Waals surface area contributed by atoms with E-state index in [4.69, 9.17) is 4.18 Å². The van der Waals surface area contributed by atoms with Crippen molar-refractivity contribution in [2.75, 3.05) is 0 Å². The van der Waals surface area contributed by atoms with E-state index in [1.807, 2.05) is 6.92 Å². The Kier molecular flexibility index (Phi) is 3.90. The summed E-state index contributed by atoms with van der Waals surface area (Å²) in [5, 5.41) is 0. The molecule has 0 amide bonds. The Morgan fingerprint density at radius 2 is 1.80 bits per heavy atom. The van der Waals surface area contributed by atoms with Crippen LogP contribution in [0.25, 0.3) is 5.76 Å². The quantitative estimate of drug-likeness (QED) is 0.640. The van der Waals surface area contributed by atoms with Crippen molar-refractivity contribution < 1.29 is 17.0 Å². The molecule has 0 saturated carbocycles. The average molecular weight is 292 g/mol. The maximum Gasteiger partial charge on any atom is 0.339 e. The molecule has 0 heterocycles. The summed E-state index contributed by atoms with van der Waals surface area (Å²) in [5.74, 6) is -0.606. The molecule has 0 saturated heterocycles. The molecule has 2 aromatic rings. The Bertz CT molecular complexity index is 734. The molecule has 0 bridgehead atoms. The maximum absolute atomic E-state index is 13.1. The van der Waals surface area contributed by atoms with Gasteiger partial charge in [-0.1, -0.05) is 36.4 Å². The van der Waals surface area contributed by atoms with E-state index in [1.165, 1.54) is 30.3 Å². The van der Waals surface area contributed by atoms with Gasteiger partial charge >= 0.3 is 10.1 Å². The molecule has 3 nitrogen and oxygen atoms in total. The number of benzene rings is 2. The lowest BCUT2D eigenvalue weighted by molar-refractivity contribution is 0.464. The highest BCUT2D eigenvalue weighted by atomic mass is 32.2. The van der Waals surface area contributed by atoms with Crippen LogP contribution in [-0.2, 0) is 14.3 Å². The van der Waals surface area contributed by atoms with Gasteiger partial charge < -0.3 is 4.18 Å². The molecule has 5 heteroatoms. The molecule has 0 aliphatic heterocycles.